The van der Waals surface area contributed by atoms with Crippen LogP contribution in [0.1, 0.15) is 23.7 Å². The maximum absolute atomic E-state index is 10.1. The molecular weight excluding hydrogens is 250 g/mol. The van der Waals surface area contributed by atoms with E-state index in [1.54, 1.807) is 7.11 Å². The van der Waals surface area contributed by atoms with E-state index in [2.05, 4.69) is 18.0 Å². The zero-order valence-electron chi connectivity index (χ0n) is 12.0. The largest absolute Gasteiger partial charge is 0.497 e. The average Bonchev–Trinajstić information content (AvgIpc) is 2.49. The van der Waals surface area contributed by atoms with Gasteiger partial charge in [0, 0.05) is 18.3 Å². The topological polar surface area (TPSA) is 42.4 Å². The van der Waals surface area contributed by atoms with Gasteiger partial charge in [0.15, 0.2) is 0 Å². The molecule has 0 saturated carbocycles. The van der Waals surface area contributed by atoms with E-state index in [0.717, 1.165) is 23.4 Å². The summed E-state index contributed by atoms with van der Waals surface area (Å²) in [6, 6.07) is 11.9. The Morgan fingerprint density at radius 1 is 1.05 bits per heavy atom. The zero-order valence-corrected chi connectivity index (χ0v) is 12.0. The van der Waals surface area contributed by atoms with Gasteiger partial charge in [-0.05, 0) is 42.2 Å². The number of methoxy groups -OCH3 is 1. The second-order valence-corrected chi connectivity index (χ2v) is 4.92. The van der Waals surface area contributed by atoms with Gasteiger partial charge >= 0.3 is 0 Å². The number of rotatable bonds is 6. The van der Waals surface area contributed by atoms with Gasteiger partial charge in [-0.3, -0.25) is 4.98 Å². The third kappa shape index (κ3) is 4.07. The molecule has 1 N–H and O–H groups in total. The molecule has 2 rings (SSSR count). The molecule has 0 aliphatic heterocycles. The van der Waals surface area contributed by atoms with Crippen LogP contribution in [0.25, 0.3) is 0 Å². The van der Waals surface area contributed by atoms with Crippen molar-refractivity contribution in [2.75, 3.05) is 7.11 Å². The Morgan fingerprint density at radius 2 is 1.75 bits per heavy atom. The van der Waals surface area contributed by atoms with Gasteiger partial charge in [0.2, 0.25) is 0 Å². The molecule has 0 amide bonds. The number of ether oxygens (including phenoxy) is 1. The summed E-state index contributed by atoms with van der Waals surface area (Å²) in [7, 11) is 1.65. The van der Waals surface area contributed by atoms with E-state index in [1.807, 2.05) is 36.5 Å². The van der Waals surface area contributed by atoms with Crippen molar-refractivity contribution in [3.8, 4) is 5.75 Å². The molecule has 1 aromatic heterocycles. The summed E-state index contributed by atoms with van der Waals surface area (Å²) >= 11 is 0. The molecule has 0 aliphatic carbocycles. The molecule has 0 aliphatic rings. The summed E-state index contributed by atoms with van der Waals surface area (Å²) in [5, 5.41) is 10.1. The van der Waals surface area contributed by atoms with Crippen LogP contribution in [0.2, 0.25) is 0 Å². The summed E-state index contributed by atoms with van der Waals surface area (Å²) < 4.78 is 5.12. The van der Waals surface area contributed by atoms with Crippen LogP contribution in [-0.4, -0.2) is 23.3 Å². The number of benzene rings is 1. The molecule has 0 fully saturated rings. The number of hydrogen-bond donors (Lipinski definition) is 1. The maximum Gasteiger partial charge on any atom is 0.118 e. The van der Waals surface area contributed by atoms with E-state index in [4.69, 9.17) is 4.74 Å². The molecule has 0 spiro atoms. The van der Waals surface area contributed by atoms with Gasteiger partial charge in [0.1, 0.15) is 5.75 Å². The average molecular weight is 271 g/mol. The molecule has 2 aromatic rings. The fraction of sp³-hybridized carbons (Fsp3) is 0.353. The van der Waals surface area contributed by atoms with Crippen LogP contribution in [0.15, 0.2) is 42.6 Å². The highest BCUT2D eigenvalue weighted by Crippen LogP contribution is 2.14. The highest BCUT2D eigenvalue weighted by Gasteiger charge is 2.08. The summed E-state index contributed by atoms with van der Waals surface area (Å²) in [6.07, 6.45) is 3.66. The van der Waals surface area contributed by atoms with Crippen LogP contribution >= 0.6 is 0 Å². The molecule has 1 aromatic carbocycles. The predicted molar refractivity (Wildman–Crippen MR) is 80.0 cm³/mol. The van der Waals surface area contributed by atoms with Gasteiger partial charge in [-0.25, -0.2) is 0 Å². The van der Waals surface area contributed by atoms with Crippen molar-refractivity contribution in [2.45, 2.75) is 32.3 Å². The van der Waals surface area contributed by atoms with Gasteiger partial charge in [-0.1, -0.05) is 25.1 Å². The quantitative estimate of drug-likeness (QED) is 0.878. The van der Waals surface area contributed by atoms with Crippen LogP contribution in [0.4, 0.5) is 0 Å². The molecule has 1 unspecified atom stereocenters. The minimum Gasteiger partial charge on any atom is -0.497 e. The van der Waals surface area contributed by atoms with Gasteiger partial charge in [0.05, 0.1) is 13.2 Å². The minimum atomic E-state index is -0.414. The number of pyridine rings is 1. The SMILES string of the molecule is CCc1ccc(CC(O)Cc2ccc(OC)cc2)nc1. The second-order valence-electron chi connectivity index (χ2n) is 4.92. The first-order valence-electron chi connectivity index (χ1n) is 6.96. The van der Waals surface area contributed by atoms with Crippen molar-refractivity contribution in [2.24, 2.45) is 0 Å². The highest BCUT2D eigenvalue weighted by atomic mass is 16.5. The highest BCUT2D eigenvalue weighted by molar-refractivity contribution is 5.27. The Hall–Kier alpha value is -1.87. The molecule has 1 heterocycles. The standard InChI is InChI=1S/C17H21NO2/c1-3-13-4-7-15(18-12-13)11-16(19)10-14-5-8-17(20-2)9-6-14/h4-9,12,16,19H,3,10-11H2,1-2H3. The first-order valence-corrected chi connectivity index (χ1v) is 6.96. The molecule has 0 radical (unpaired) electrons. The molecule has 3 heteroatoms. The normalized spacial score (nSPS) is 12.2. The van der Waals surface area contributed by atoms with Gasteiger partial charge in [0.25, 0.3) is 0 Å². The zero-order chi connectivity index (χ0) is 14.4. The van der Waals surface area contributed by atoms with Crippen LogP contribution in [0, 0.1) is 0 Å². The lowest BCUT2D eigenvalue weighted by Crippen LogP contribution is -2.14. The fourth-order valence-corrected chi connectivity index (χ4v) is 2.13. The van der Waals surface area contributed by atoms with Crippen LogP contribution < -0.4 is 4.74 Å². The first kappa shape index (κ1) is 14.5. The van der Waals surface area contributed by atoms with Crippen molar-refractivity contribution in [3.63, 3.8) is 0 Å². The van der Waals surface area contributed by atoms with Gasteiger partial charge in [-0.2, -0.15) is 0 Å². The first-order chi connectivity index (χ1) is 9.71. The van der Waals surface area contributed by atoms with Crippen molar-refractivity contribution in [1.29, 1.82) is 0 Å². The Bertz CT molecular complexity index is 470. The van der Waals surface area contributed by atoms with Crippen LogP contribution in [0.5, 0.6) is 5.75 Å². The van der Waals surface area contributed by atoms with Crippen LogP contribution in [-0.2, 0) is 19.3 Å². The number of hydrogen-bond acceptors (Lipinski definition) is 3. The fourth-order valence-electron chi connectivity index (χ4n) is 2.13. The summed E-state index contributed by atoms with van der Waals surface area (Å²) in [4.78, 5) is 4.38. The van der Waals surface area contributed by atoms with E-state index < -0.39 is 6.10 Å². The maximum atomic E-state index is 10.1. The lowest BCUT2D eigenvalue weighted by atomic mass is 10.0. The van der Waals surface area contributed by atoms with Crippen molar-refractivity contribution in [1.82, 2.24) is 4.98 Å². The number of aromatic nitrogens is 1. The molecule has 3 nitrogen and oxygen atoms in total. The molecule has 0 bridgehead atoms. The lowest BCUT2D eigenvalue weighted by molar-refractivity contribution is 0.174. The second kappa shape index (κ2) is 7.06. The Labute approximate surface area is 120 Å². The van der Waals surface area contributed by atoms with E-state index in [0.29, 0.717) is 12.8 Å². The van der Waals surface area contributed by atoms with E-state index >= 15 is 0 Å². The Balaban J connectivity index is 1.91. The smallest absolute Gasteiger partial charge is 0.118 e. The molecule has 20 heavy (non-hydrogen) atoms. The van der Waals surface area contributed by atoms with E-state index in [1.165, 1.54) is 5.56 Å². The molecule has 0 saturated heterocycles. The predicted octanol–water partition coefficient (Wildman–Crippen LogP) is 2.80. The van der Waals surface area contributed by atoms with Crippen molar-refractivity contribution in [3.05, 3.63) is 59.4 Å². The number of aryl methyl sites for hydroxylation is 1. The Kier molecular flexibility index (Phi) is 5.13. The number of nitrogens with zero attached hydrogens (tertiary/aromatic N) is 1. The minimum absolute atomic E-state index is 0.414. The Morgan fingerprint density at radius 3 is 2.30 bits per heavy atom. The van der Waals surface area contributed by atoms with Gasteiger partial charge < -0.3 is 9.84 Å². The number of aliphatic hydroxyl groups excluding tert-OH is 1. The number of aliphatic hydroxyl groups is 1. The van der Waals surface area contributed by atoms with E-state index in [9.17, 15) is 5.11 Å². The monoisotopic (exact) mass is 271 g/mol. The summed E-state index contributed by atoms with van der Waals surface area (Å²) in [5.41, 5.74) is 3.25. The molecule has 1 atom stereocenters. The third-order valence-corrected chi connectivity index (χ3v) is 3.37. The molecular formula is C17H21NO2. The van der Waals surface area contributed by atoms with Crippen LogP contribution in [0.3, 0.4) is 0 Å². The summed E-state index contributed by atoms with van der Waals surface area (Å²) in [5.74, 6) is 0.833. The van der Waals surface area contributed by atoms with Crippen molar-refractivity contribution < 1.29 is 9.84 Å². The third-order valence-electron chi connectivity index (χ3n) is 3.37. The molecule has 106 valence electrons. The lowest BCUT2D eigenvalue weighted by Gasteiger charge is -2.11. The van der Waals surface area contributed by atoms with Crippen molar-refractivity contribution >= 4 is 0 Å². The van der Waals surface area contributed by atoms with E-state index in [-0.39, 0.29) is 0 Å². The summed E-state index contributed by atoms with van der Waals surface area (Å²) in [6.45, 7) is 2.11. The van der Waals surface area contributed by atoms with Gasteiger partial charge in [-0.15, -0.1) is 0 Å².